The second kappa shape index (κ2) is 3.72. The van der Waals surface area contributed by atoms with Gasteiger partial charge in [0.25, 0.3) is 0 Å². The van der Waals surface area contributed by atoms with Crippen LogP contribution in [0.3, 0.4) is 0 Å². The van der Waals surface area contributed by atoms with Crippen LogP contribution in [0.1, 0.15) is 21.5 Å². The van der Waals surface area contributed by atoms with Crippen LogP contribution in [0.15, 0.2) is 18.2 Å². The van der Waals surface area contributed by atoms with Gasteiger partial charge in [0.05, 0.1) is 5.56 Å². The van der Waals surface area contributed by atoms with Crippen molar-refractivity contribution >= 4 is 21.9 Å². The molecule has 64 valence electrons. The molecule has 0 aliphatic carbocycles. The summed E-state index contributed by atoms with van der Waals surface area (Å²) in [5, 5.41) is 9.46. The van der Waals surface area contributed by atoms with Crippen molar-refractivity contribution in [1.82, 2.24) is 0 Å². The zero-order valence-electron chi connectivity index (χ0n) is 6.67. The number of alkyl halides is 1. The first-order valence-corrected chi connectivity index (χ1v) is 4.66. The molecule has 0 spiro atoms. The Morgan fingerprint density at radius 1 is 1.58 bits per heavy atom. The molecule has 0 unspecified atom stereocenters. The van der Waals surface area contributed by atoms with Crippen LogP contribution in [-0.4, -0.2) is 11.1 Å². The van der Waals surface area contributed by atoms with E-state index in [1.807, 2.05) is 12.1 Å². The van der Waals surface area contributed by atoms with Gasteiger partial charge in [-0.05, 0) is 24.1 Å². The van der Waals surface area contributed by atoms with Crippen molar-refractivity contribution < 1.29 is 9.90 Å². The highest BCUT2D eigenvalue weighted by Crippen LogP contribution is 2.13. The summed E-state index contributed by atoms with van der Waals surface area (Å²) in [6, 6.07) is 5.42. The van der Waals surface area contributed by atoms with Crippen molar-refractivity contribution in [2.45, 2.75) is 12.3 Å². The van der Waals surface area contributed by atoms with Crippen LogP contribution in [0, 0.1) is 6.92 Å². The molecule has 1 rings (SSSR count). The summed E-state index contributed by atoms with van der Waals surface area (Å²) in [7, 11) is 0. The number of carboxylic acid groups (broad SMARTS) is 1. The lowest BCUT2D eigenvalue weighted by molar-refractivity contribution is 0.0696. The lowest BCUT2D eigenvalue weighted by Gasteiger charge is -2.01. The first kappa shape index (κ1) is 9.26. The Morgan fingerprint density at radius 2 is 2.25 bits per heavy atom. The van der Waals surface area contributed by atoms with Crippen LogP contribution in [0.2, 0.25) is 0 Å². The van der Waals surface area contributed by atoms with E-state index in [2.05, 4.69) is 15.9 Å². The van der Waals surface area contributed by atoms with Crippen LogP contribution >= 0.6 is 15.9 Å². The van der Waals surface area contributed by atoms with Gasteiger partial charge in [-0.15, -0.1) is 0 Å². The van der Waals surface area contributed by atoms with Crippen LogP contribution in [-0.2, 0) is 5.33 Å². The van der Waals surface area contributed by atoms with Gasteiger partial charge < -0.3 is 5.11 Å². The molecule has 1 N–H and O–H groups in total. The Morgan fingerprint density at radius 3 is 2.75 bits per heavy atom. The van der Waals surface area contributed by atoms with Crippen molar-refractivity contribution in [3.63, 3.8) is 0 Å². The zero-order chi connectivity index (χ0) is 9.14. The molecule has 0 saturated carbocycles. The maximum absolute atomic E-state index is 10.7. The zero-order valence-corrected chi connectivity index (χ0v) is 8.26. The second-order valence-electron chi connectivity index (χ2n) is 2.59. The van der Waals surface area contributed by atoms with Crippen molar-refractivity contribution in [3.05, 3.63) is 34.9 Å². The van der Waals surface area contributed by atoms with Gasteiger partial charge in [-0.2, -0.15) is 0 Å². The Hall–Kier alpha value is -0.830. The topological polar surface area (TPSA) is 37.3 Å². The molecular weight excluding hydrogens is 220 g/mol. The van der Waals surface area contributed by atoms with Gasteiger partial charge in [-0.25, -0.2) is 4.79 Å². The van der Waals surface area contributed by atoms with Crippen LogP contribution in [0.4, 0.5) is 0 Å². The molecule has 0 aliphatic heterocycles. The fourth-order valence-corrected chi connectivity index (χ4v) is 1.33. The molecule has 0 amide bonds. The van der Waals surface area contributed by atoms with Crippen molar-refractivity contribution in [2.24, 2.45) is 0 Å². The van der Waals surface area contributed by atoms with Gasteiger partial charge in [0.1, 0.15) is 0 Å². The molecule has 0 atom stereocenters. The highest BCUT2D eigenvalue weighted by Gasteiger charge is 2.06. The first-order valence-electron chi connectivity index (χ1n) is 3.54. The summed E-state index contributed by atoms with van der Waals surface area (Å²) in [5.41, 5.74) is 2.16. The largest absolute Gasteiger partial charge is 0.478 e. The van der Waals surface area contributed by atoms with E-state index >= 15 is 0 Å². The normalized spacial score (nSPS) is 9.83. The molecule has 0 bridgehead atoms. The standard InChI is InChI=1S/C9H9BrO2/c1-6-2-3-7(5-10)4-8(6)9(11)12/h2-4H,5H2,1H3,(H,11,12). The number of rotatable bonds is 2. The molecule has 1 aromatic carbocycles. The van der Waals surface area contributed by atoms with Crippen molar-refractivity contribution in [1.29, 1.82) is 0 Å². The van der Waals surface area contributed by atoms with Gasteiger partial charge in [-0.1, -0.05) is 28.1 Å². The third kappa shape index (κ3) is 1.85. The number of hydrogen-bond donors (Lipinski definition) is 1. The minimum absolute atomic E-state index is 0.381. The highest BCUT2D eigenvalue weighted by atomic mass is 79.9. The number of benzene rings is 1. The summed E-state index contributed by atoms with van der Waals surface area (Å²) in [5.74, 6) is -0.865. The van der Waals surface area contributed by atoms with Crippen molar-refractivity contribution in [2.75, 3.05) is 0 Å². The number of carboxylic acids is 1. The lowest BCUT2D eigenvalue weighted by atomic mass is 10.1. The second-order valence-corrected chi connectivity index (χ2v) is 3.15. The molecule has 3 heteroatoms. The average Bonchev–Trinajstić information content (AvgIpc) is 2.05. The molecule has 0 heterocycles. The molecule has 12 heavy (non-hydrogen) atoms. The molecule has 0 radical (unpaired) electrons. The summed E-state index contributed by atoms with van der Waals surface area (Å²) in [4.78, 5) is 10.7. The molecular formula is C9H9BrO2. The predicted octanol–water partition coefficient (Wildman–Crippen LogP) is 2.59. The number of aromatic carboxylic acids is 1. The van der Waals surface area contributed by atoms with E-state index < -0.39 is 5.97 Å². The average molecular weight is 229 g/mol. The quantitative estimate of drug-likeness (QED) is 0.791. The van der Waals surface area contributed by atoms with E-state index in [1.165, 1.54) is 0 Å². The Bertz CT molecular complexity index is 307. The van der Waals surface area contributed by atoms with E-state index in [0.29, 0.717) is 10.9 Å². The van der Waals surface area contributed by atoms with Crippen LogP contribution < -0.4 is 0 Å². The van der Waals surface area contributed by atoms with Crippen LogP contribution in [0.25, 0.3) is 0 Å². The van der Waals surface area contributed by atoms with E-state index in [9.17, 15) is 4.79 Å². The number of hydrogen-bond acceptors (Lipinski definition) is 1. The lowest BCUT2D eigenvalue weighted by Crippen LogP contribution is -2.00. The number of halogens is 1. The Labute approximate surface area is 79.3 Å². The van der Waals surface area contributed by atoms with Crippen molar-refractivity contribution in [3.8, 4) is 0 Å². The van der Waals surface area contributed by atoms with Gasteiger partial charge in [0, 0.05) is 5.33 Å². The fourth-order valence-electron chi connectivity index (χ4n) is 0.983. The SMILES string of the molecule is Cc1ccc(CBr)cc1C(=O)O. The minimum atomic E-state index is -0.865. The highest BCUT2D eigenvalue weighted by molar-refractivity contribution is 9.08. The van der Waals surface area contributed by atoms with E-state index in [4.69, 9.17) is 5.11 Å². The molecule has 0 fully saturated rings. The first-order chi connectivity index (χ1) is 5.65. The fraction of sp³-hybridized carbons (Fsp3) is 0.222. The monoisotopic (exact) mass is 228 g/mol. The third-order valence-electron chi connectivity index (χ3n) is 1.69. The van der Waals surface area contributed by atoms with Gasteiger partial charge in [-0.3, -0.25) is 0 Å². The molecule has 0 aliphatic rings. The van der Waals surface area contributed by atoms with Gasteiger partial charge in [0.2, 0.25) is 0 Å². The van der Waals surface area contributed by atoms with Gasteiger partial charge >= 0.3 is 5.97 Å². The van der Waals surface area contributed by atoms with E-state index in [-0.39, 0.29) is 0 Å². The maximum Gasteiger partial charge on any atom is 0.335 e. The molecule has 0 aromatic heterocycles. The Kier molecular flexibility index (Phi) is 2.87. The predicted molar refractivity (Wildman–Crippen MR) is 50.8 cm³/mol. The summed E-state index contributed by atoms with van der Waals surface area (Å²) in [6.45, 7) is 1.79. The van der Waals surface area contributed by atoms with E-state index in [0.717, 1.165) is 11.1 Å². The summed E-state index contributed by atoms with van der Waals surface area (Å²) < 4.78 is 0. The Balaban J connectivity index is 3.17. The minimum Gasteiger partial charge on any atom is -0.478 e. The smallest absolute Gasteiger partial charge is 0.335 e. The number of carbonyl (C=O) groups is 1. The maximum atomic E-state index is 10.7. The molecule has 1 aromatic rings. The van der Waals surface area contributed by atoms with Crippen LogP contribution in [0.5, 0.6) is 0 Å². The summed E-state index contributed by atoms with van der Waals surface area (Å²) in [6.07, 6.45) is 0. The van der Waals surface area contributed by atoms with Gasteiger partial charge in [0.15, 0.2) is 0 Å². The third-order valence-corrected chi connectivity index (χ3v) is 2.33. The molecule has 2 nitrogen and oxygen atoms in total. The number of aryl methyl sites for hydroxylation is 1. The van der Waals surface area contributed by atoms with E-state index in [1.54, 1.807) is 13.0 Å². The molecule has 0 saturated heterocycles. The summed E-state index contributed by atoms with van der Waals surface area (Å²) >= 11 is 3.27.